The lowest BCUT2D eigenvalue weighted by molar-refractivity contribution is -0.150. The molecule has 1 heterocycles. The second kappa shape index (κ2) is 14.8. The van der Waals surface area contributed by atoms with E-state index in [2.05, 4.69) is 19.1 Å². The van der Waals surface area contributed by atoms with Gasteiger partial charge in [-0.15, -0.1) is 0 Å². The van der Waals surface area contributed by atoms with Gasteiger partial charge in [-0.3, -0.25) is 4.79 Å². The molecular formula is C27H41NO3. The van der Waals surface area contributed by atoms with Gasteiger partial charge in [0.2, 0.25) is 5.91 Å². The van der Waals surface area contributed by atoms with Gasteiger partial charge in [-0.1, -0.05) is 94.7 Å². The van der Waals surface area contributed by atoms with Crippen LogP contribution in [0.4, 0.5) is 0 Å². The quantitative estimate of drug-likeness (QED) is 0.224. The van der Waals surface area contributed by atoms with E-state index in [1.807, 2.05) is 24.3 Å². The maximum atomic E-state index is 12.6. The number of unbranched alkanes of at least 4 members (excludes halogenated alkanes) is 11. The molecule has 1 atom stereocenters. The summed E-state index contributed by atoms with van der Waals surface area (Å²) in [7, 11) is 0. The third kappa shape index (κ3) is 8.88. The van der Waals surface area contributed by atoms with E-state index in [0.717, 1.165) is 36.8 Å². The third-order valence-corrected chi connectivity index (χ3v) is 6.21. The maximum Gasteiger partial charge on any atom is 0.331 e. The molecule has 31 heavy (non-hydrogen) atoms. The van der Waals surface area contributed by atoms with Crippen molar-refractivity contribution in [3.8, 4) is 0 Å². The van der Waals surface area contributed by atoms with Gasteiger partial charge in [-0.25, -0.2) is 4.79 Å². The SMILES string of the molecule is CCCCCCCC/C=C\CCCCCCCC(=O)N1Cc2ccccc2C1C(=O)O. The second-order valence-electron chi connectivity index (χ2n) is 8.80. The van der Waals surface area contributed by atoms with Gasteiger partial charge < -0.3 is 10.0 Å². The summed E-state index contributed by atoms with van der Waals surface area (Å²) in [5, 5.41) is 9.58. The Balaban J connectivity index is 1.50. The molecule has 0 aromatic heterocycles. The van der Waals surface area contributed by atoms with Gasteiger partial charge in [0.05, 0.1) is 0 Å². The fourth-order valence-electron chi connectivity index (χ4n) is 4.38. The van der Waals surface area contributed by atoms with Crippen molar-refractivity contribution >= 4 is 11.9 Å². The number of carbonyl (C=O) groups is 2. The minimum Gasteiger partial charge on any atom is -0.479 e. The summed E-state index contributed by atoms with van der Waals surface area (Å²) in [5.74, 6) is -0.982. The lowest BCUT2D eigenvalue weighted by atomic mass is 10.0. The first-order valence-corrected chi connectivity index (χ1v) is 12.4. The molecule has 2 rings (SSSR count). The fourth-order valence-corrected chi connectivity index (χ4v) is 4.38. The molecule has 0 saturated heterocycles. The number of fused-ring (bicyclic) bond motifs is 1. The summed E-state index contributed by atoms with van der Waals surface area (Å²) in [6.45, 7) is 2.67. The van der Waals surface area contributed by atoms with Crippen LogP contribution in [0.2, 0.25) is 0 Å². The number of hydrogen-bond donors (Lipinski definition) is 1. The number of carboxylic acids is 1. The van der Waals surface area contributed by atoms with Gasteiger partial charge in [-0.2, -0.15) is 0 Å². The highest BCUT2D eigenvalue weighted by atomic mass is 16.4. The molecule has 1 aromatic carbocycles. The first-order chi connectivity index (χ1) is 15.1. The highest BCUT2D eigenvalue weighted by Crippen LogP contribution is 2.34. The normalized spacial score (nSPS) is 15.5. The molecule has 1 aliphatic heterocycles. The minimum absolute atomic E-state index is 0.0405. The van der Waals surface area contributed by atoms with E-state index >= 15 is 0 Å². The number of rotatable bonds is 16. The molecule has 1 aromatic rings. The molecule has 0 bridgehead atoms. The van der Waals surface area contributed by atoms with Crippen LogP contribution in [0.1, 0.15) is 114 Å². The van der Waals surface area contributed by atoms with Crippen LogP contribution >= 0.6 is 0 Å². The van der Waals surface area contributed by atoms with Crippen LogP contribution in [-0.2, 0) is 16.1 Å². The summed E-state index contributed by atoms with van der Waals surface area (Å²) in [5.41, 5.74) is 1.71. The Labute approximate surface area is 188 Å². The van der Waals surface area contributed by atoms with Crippen molar-refractivity contribution < 1.29 is 14.7 Å². The molecule has 0 fully saturated rings. The Morgan fingerprint density at radius 2 is 1.48 bits per heavy atom. The third-order valence-electron chi connectivity index (χ3n) is 6.21. The monoisotopic (exact) mass is 427 g/mol. The molecular weight excluding hydrogens is 386 g/mol. The van der Waals surface area contributed by atoms with Crippen LogP contribution < -0.4 is 0 Å². The van der Waals surface area contributed by atoms with Crippen molar-refractivity contribution in [2.75, 3.05) is 0 Å². The molecule has 0 spiro atoms. The number of amides is 1. The number of carboxylic acid groups (broad SMARTS) is 1. The zero-order valence-electron chi connectivity index (χ0n) is 19.4. The van der Waals surface area contributed by atoms with Crippen LogP contribution in [0.25, 0.3) is 0 Å². The first kappa shape index (κ1) is 25.2. The topological polar surface area (TPSA) is 57.6 Å². The van der Waals surface area contributed by atoms with Gasteiger partial charge in [0.15, 0.2) is 6.04 Å². The molecule has 0 aliphatic carbocycles. The molecule has 4 nitrogen and oxygen atoms in total. The van der Waals surface area contributed by atoms with Crippen molar-refractivity contribution in [3.05, 3.63) is 47.5 Å². The van der Waals surface area contributed by atoms with Crippen molar-refractivity contribution in [2.45, 2.75) is 109 Å². The van der Waals surface area contributed by atoms with Gasteiger partial charge in [-0.05, 0) is 43.2 Å². The zero-order valence-corrected chi connectivity index (χ0v) is 19.4. The van der Waals surface area contributed by atoms with Crippen molar-refractivity contribution in [1.29, 1.82) is 0 Å². The predicted molar refractivity (Wildman–Crippen MR) is 127 cm³/mol. The van der Waals surface area contributed by atoms with Crippen molar-refractivity contribution in [1.82, 2.24) is 4.90 Å². The zero-order chi connectivity index (χ0) is 22.3. The van der Waals surface area contributed by atoms with E-state index in [1.165, 1.54) is 62.7 Å². The van der Waals surface area contributed by atoms with E-state index in [0.29, 0.717) is 13.0 Å². The number of nitrogens with zero attached hydrogens (tertiary/aromatic N) is 1. The first-order valence-electron chi connectivity index (χ1n) is 12.4. The van der Waals surface area contributed by atoms with Crippen LogP contribution in [-0.4, -0.2) is 21.9 Å². The second-order valence-corrected chi connectivity index (χ2v) is 8.80. The smallest absolute Gasteiger partial charge is 0.331 e. The Bertz CT molecular complexity index is 697. The van der Waals surface area contributed by atoms with Gasteiger partial charge in [0, 0.05) is 13.0 Å². The van der Waals surface area contributed by atoms with Crippen LogP contribution in [0, 0.1) is 0 Å². The Morgan fingerprint density at radius 3 is 2.13 bits per heavy atom. The minimum atomic E-state index is -0.942. The number of carbonyl (C=O) groups excluding carboxylic acids is 1. The van der Waals surface area contributed by atoms with Crippen LogP contribution in [0.15, 0.2) is 36.4 Å². The average molecular weight is 428 g/mol. The van der Waals surface area contributed by atoms with Crippen molar-refractivity contribution in [2.24, 2.45) is 0 Å². The fraction of sp³-hybridized carbons (Fsp3) is 0.630. The molecule has 1 unspecified atom stereocenters. The summed E-state index contributed by atoms with van der Waals surface area (Å²) in [6.07, 6.45) is 21.0. The number of hydrogen-bond acceptors (Lipinski definition) is 2. The number of allylic oxidation sites excluding steroid dienone is 2. The summed E-state index contributed by atoms with van der Waals surface area (Å²) in [4.78, 5) is 25.8. The lowest BCUT2D eigenvalue weighted by Gasteiger charge is -2.22. The van der Waals surface area contributed by atoms with Crippen LogP contribution in [0.3, 0.4) is 0 Å². The summed E-state index contributed by atoms with van der Waals surface area (Å²) >= 11 is 0. The Morgan fingerprint density at radius 1 is 0.903 bits per heavy atom. The summed E-state index contributed by atoms with van der Waals surface area (Å²) in [6, 6.07) is 6.65. The van der Waals surface area contributed by atoms with E-state index in [4.69, 9.17) is 0 Å². The molecule has 172 valence electrons. The van der Waals surface area contributed by atoms with Crippen molar-refractivity contribution in [3.63, 3.8) is 0 Å². The highest BCUT2D eigenvalue weighted by molar-refractivity contribution is 5.86. The largest absolute Gasteiger partial charge is 0.479 e. The molecule has 1 amide bonds. The number of aliphatic carboxylic acids is 1. The molecule has 1 aliphatic rings. The highest BCUT2D eigenvalue weighted by Gasteiger charge is 2.37. The maximum absolute atomic E-state index is 12.6. The standard InChI is InChI=1S/C27H41NO3/c1-2-3-4-5-6-7-8-9-10-11-12-13-14-15-16-21-25(29)28-22-23-19-17-18-20-24(23)26(28)27(30)31/h9-10,17-20,26H,2-8,11-16,21-22H2,1H3,(H,30,31)/b10-9-. The predicted octanol–water partition coefficient (Wildman–Crippen LogP) is 7.19. The molecule has 0 saturated carbocycles. The van der Waals surface area contributed by atoms with E-state index in [9.17, 15) is 14.7 Å². The Hall–Kier alpha value is -2.10. The van der Waals surface area contributed by atoms with E-state index in [-0.39, 0.29) is 5.91 Å². The molecule has 4 heteroatoms. The Kier molecular flexibility index (Phi) is 12.0. The molecule has 1 N–H and O–H groups in total. The van der Waals surface area contributed by atoms with E-state index < -0.39 is 12.0 Å². The lowest BCUT2D eigenvalue weighted by Crippen LogP contribution is -2.33. The van der Waals surface area contributed by atoms with Gasteiger partial charge in [0.25, 0.3) is 0 Å². The van der Waals surface area contributed by atoms with Crippen LogP contribution in [0.5, 0.6) is 0 Å². The summed E-state index contributed by atoms with van der Waals surface area (Å²) < 4.78 is 0. The average Bonchev–Trinajstić information content (AvgIpc) is 3.16. The van der Waals surface area contributed by atoms with E-state index in [1.54, 1.807) is 0 Å². The van der Waals surface area contributed by atoms with Gasteiger partial charge >= 0.3 is 5.97 Å². The number of benzene rings is 1. The van der Waals surface area contributed by atoms with Gasteiger partial charge in [0.1, 0.15) is 0 Å². The molecule has 0 radical (unpaired) electrons.